The third kappa shape index (κ3) is 4.11. The van der Waals surface area contributed by atoms with Gasteiger partial charge in [-0.15, -0.1) is 11.3 Å². The zero-order valence-electron chi connectivity index (χ0n) is 14.1. The number of nitrogens with one attached hydrogen (secondary N) is 1. The maximum absolute atomic E-state index is 12.8. The average Bonchev–Trinajstić information content (AvgIpc) is 3.30. The molecule has 26 heavy (non-hydrogen) atoms. The van der Waals surface area contributed by atoms with E-state index in [2.05, 4.69) is 15.3 Å². The second kappa shape index (κ2) is 7.56. The number of thiazole rings is 1. The van der Waals surface area contributed by atoms with Crippen molar-refractivity contribution in [1.29, 1.82) is 0 Å². The van der Waals surface area contributed by atoms with Gasteiger partial charge in [0.1, 0.15) is 10.7 Å². The SMILES string of the molecule is O=C(NC(CC1CC1)c1nccs1)c1cccc(-c2cccc(Cl)c2)n1. The summed E-state index contributed by atoms with van der Waals surface area (Å²) < 4.78 is 0. The van der Waals surface area contributed by atoms with Gasteiger partial charge in [0.05, 0.1) is 11.7 Å². The van der Waals surface area contributed by atoms with Gasteiger partial charge in [0.2, 0.25) is 0 Å². The largest absolute Gasteiger partial charge is 0.341 e. The molecule has 4 rings (SSSR count). The van der Waals surface area contributed by atoms with Gasteiger partial charge in [0.15, 0.2) is 0 Å². The van der Waals surface area contributed by atoms with Gasteiger partial charge in [-0.3, -0.25) is 4.79 Å². The molecule has 2 heterocycles. The first-order valence-electron chi connectivity index (χ1n) is 8.62. The lowest BCUT2D eigenvalue weighted by molar-refractivity contribution is 0.0928. The second-order valence-corrected chi connectivity index (χ2v) is 7.86. The molecule has 1 N–H and O–H groups in total. The Bertz CT molecular complexity index is 909. The summed E-state index contributed by atoms with van der Waals surface area (Å²) in [7, 11) is 0. The van der Waals surface area contributed by atoms with Crippen LogP contribution in [0, 0.1) is 5.92 Å². The van der Waals surface area contributed by atoms with Gasteiger partial charge in [0, 0.05) is 22.2 Å². The Labute approximate surface area is 161 Å². The van der Waals surface area contributed by atoms with Crippen LogP contribution in [0.25, 0.3) is 11.3 Å². The first kappa shape index (κ1) is 17.2. The zero-order chi connectivity index (χ0) is 17.9. The summed E-state index contributed by atoms with van der Waals surface area (Å²) in [6.45, 7) is 0. The molecule has 1 fully saturated rings. The number of benzene rings is 1. The van der Waals surface area contributed by atoms with Gasteiger partial charge in [-0.25, -0.2) is 9.97 Å². The van der Waals surface area contributed by atoms with Crippen molar-refractivity contribution in [2.75, 3.05) is 0 Å². The van der Waals surface area contributed by atoms with Crippen molar-refractivity contribution in [1.82, 2.24) is 15.3 Å². The molecule has 0 saturated heterocycles. The molecule has 0 aliphatic heterocycles. The molecule has 6 heteroatoms. The van der Waals surface area contributed by atoms with Crippen molar-refractivity contribution in [2.24, 2.45) is 5.92 Å². The Balaban J connectivity index is 1.54. The fourth-order valence-electron chi connectivity index (χ4n) is 2.92. The van der Waals surface area contributed by atoms with E-state index in [1.807, 2.05) is 41.8 Å². The van der Waals surface area contributed by atoms with Crippen LogP contribution in [0.2, 0.25) is 5.02 Å². The number of aromatic nitrogens is 2. The van der Waals surface area contributed by atoms with Crippen LogP contribution in [-0.2, 0) is 0 Å². The predicted molar refractivity (Wildman–Crippen MR) is 104 cm³/mol. The number of pyridine rings is 1. The molecule has 1 amide bonds. The van der Waals surface area contributed by atoms with Crippen LogP contribution >= 0.6 is 22.9 Å². The molecular weight excluding hydrogens is 366 g/mol. The van der Waals surface area contributed by atoms with Crippen LogP contribution in [0.4, 0.5) is 0 Å². The van der Waals surface area contributed by atoms with Crippen molar-refractivity contribution in [3.8, 4) is 11.3 Å². The number of amides is 1. The second-order valence-electron chi connectivity index (χ2n) is 6.49. The Morgan fingerprint density at radius 2 is 2.12 bits per heavy atom. The molecule has 1 saturated carbocycles. The highest BCUT2D eigenvalue weighted by molar-refractivity contribution is 7.09. The molecule has 0 radical (unpaired) electrons. The molecule has 132 valence electrons. The van der Waals surface area contributed by atoms with E-state index < -0.39 is 0 Å². The Morgan fingerprint density at radius 3 is 2.85 bits per heavy atom. The maximum atomic E-state index is 12.8. The van der Waals surface area contributed by atoms with Crippen LogP contribution < -0.4 is 5.32 Å². The lowest BCUT2D eigenvalue weighted by Crippen LogP contribution is -2.29. The molecule has 1 aliphatic rings. The van der Waals surface area contributed by atoms with Gasteiger partial charge in [0.25, 0.3) is 5.91 Å². The number of rotatable bonds is 6. The monoisotopic (exact) mass is 383 g/mol. The van der Waals surface area contributed by atoms with Crippen LogP contribution in [0.15, 0.2) is 54.0 Å². The molecule has 1 atom stereocenters. The number of halogens is 1. The van der Waals surface area contributed by atoms with Crippen LogP contribution in [-0.4, -0.2) is 15.9 Å². The van der Waals surface area contributed by atoms with Gasteiger partial charge in [-0.1, -0.05) is 42.6 Å². The number of hydrogen-bond donors (Lipinski definition) is 1. The molecule has 4 nitrogen and oxygen atoms in total. The van der Waals surface area contributed by atoms with Crippen molar-refractivity contribution in [3.05, 3.63) is 69.8 Å². The van der Waals surface area contributed by atoms with E-state index in [1.165, 1.54) is 12.8 Å². The molecular formula is C20H18ClN3OS. The Kier molecular flexibility index (Phi) is 5.00. The van der Waals surface area contributed by atoms with Gasteiger partial charge < -0.3 is 5.32 Å². The summed E-state index contributed by atoms with van der Waals surface area (Å²) in [6, 6.07) is 12.9. The molecule has 0 spiro atoms. The normalized spacial score (nSPS) is 14.8. The van der Waals surface area contributed by atoms with E-state index in [-0.39, 0.29) is 11.9 Å². The highest BCUT2D eigenvalue weighted by Crippen LogP contribution is 2.38. The van der Waals surface area contributed by atoms with Crippen molar-refractivity contribution < 1.29 is 4.79 Å². The van der Waals surface area contributed by atoms with E-state index in [0.29, 0.717) is 16.6 Å². The highest BCUT2D eigenvalue weighted by atomic mass is 35.5. The third-order valence-corrected chi connectivity index (χ3v) is 5.55. The predicted octanol–water partition coefficient (Wildman–Crippen LogP) is 5.13. The topological polar surface area (TPSA) is 54.9 Å². The Morgan fingerprint density at radius 1 is 1.27 bits per heavy atom. The molecule has 1 unspecified atom stereocenters. The van der Waals surface area contributed by atoms with Gasteiger partial charge in [-0.05, 0) is 36.6 Å². The lowest BCUT2D eigenvalue weighted by Gasteiger charge is -2.16. The third-order valence-electron chi connectivity index (χ3n) is 4.42. The van der Waals surface area contributed by atoms with Crippen LogP contribution in [0.3, 0.4) is 0 Å². The minimum absolute atomic E-state index is 0.0494. The Hall–Kier alpha value is -2.24. The minimum atomic E-state index is -0.172. The smallest absolute Gasteiger partial charge is 0.270 e. The molecule has 2 aromatic heterocycles. The quantitative estimate of drug-likeness (QED) is 0.642. The maximum Gasteiger partial charge on any atom is 0.270 e. The van der Waals surface area contributed by atoms with Crippen LogP contribution in [0.1, 0.15) is 40.8 Å². The summed E-state index contributed by atoms with van der Waals surface area (Å²) in [6.07, 6.45) is 5.19. The average molecular weight is 384 g/mol. The van der Waals surface area contributed by atoms with Crippen molar-refractivity contribution >= 4 is 28.8 Å². The fraction of sp³-hybridized carbons (Fsp3) is 0.250. The summed E-state index contributed by atoms with van der Waals surface area (Å²) >= 11 is 7.64. The number of hydrogen-bond acceptors (Lipinski definition) is 4. The number of carbonyl (C=O) groups is 1. The fourth-order valence-corrected chi connectivity index (χ4v) is 3.81. The van der Waals surface area contributed by atoms with E-state index in [1.54, 1.807) is 23.6 Å². The number of nitrogens with zero attached hydrogens (tertiary/aromatic N) is 2. The number of carbonyl (C=O) groups excluding carboxylic acids is 1. The van der Waals surface area contributed by atoms with Crippen molar-refractivity contribution in [3.63, 3.8) is 0 Å². The van der Waals surface area contributed by atoms with Gasteiger partial charge in [-0.2, -0.15) is 0 Å². The summed E-state index contributed by atoms with van der Waals surface area (Å²) in [5, 5.41) is 6.66. The van der Waals surface area contributed by atoms with E-state index >= 15 is 0 Å². The highest BCUT2D eigenvalue weighted by Gasteiger charge is 2.29. The molecule has 3 aromatic rings. The molecule has 0 bridgehead atoms. The summed E-state index contributed by atoms with van der Waals surface area (Å²) in [5.41, 5.74) is 2.02. The standard InChI is InChI=1S/C20H18ClN3OS/c21-15-4-1-3-14(12-15)16-5-2-6-17(23-16)19(25)24-18(11-13-7-8-13)20-22-9-10-26-20/h1-6,9-10,12-13,18H,7-8,11H2,(H,24,25). The summed E-state index contributed by atoms with van der Waals surface area (Å²) in [5.74, 6) is 0.518. The van der Waals surface area contributed by atoms with E-state index in [4.69, 9.17) is 11.6 Å². The lowest BCUT2D eigenvalue weighted by atomic mass is 10.1. The van der Waals surface area contributed by atoms with E-state index in [0.717, 1.165) is 22.7 Å². The van der Waals surface area contributed by atoms with Gasteiger partial charge >= 0.3 is 0 Å². The van der Waals surface area contributed by atoms with E-state index in [9.17, 15) is 4.79 Å². The zero-order valence-corrected chi connectivity index (χ0v) is 15.6. The minimum Gasteiger partial charge on any atom is -0.341 e. The van der Waals surface area contributed by atoms with Crippen LogP contribution in [0.5, 0.6) is 0 Å². The first-order chi connectivity index (χ1) is 12.7. The molecule has 1 aliphatic carbocycles. The molecule has 1 aromatic carbocycles. The first-order valence-corrected chi connectivity index (χ1v) is 9.88. The summed E-state index contributed by atoms with van der Waals surface area (Å²) in [4.78, 5) is 21.7. The van der Waals surface area contributed by atoms with Crippen molar-refractivity contribution in [2.45, 2.75) is 25.3 Å².